The highest BCUT2D eigenvalue weighted by molar-refractivity contribution is 9.10. The minimum absolute atomic E-state index is 0.0582. The number of aryl methyl sites for hydroxylation is 1. The molecule has 0 aliphatic carbocycles. The molecule has 16 heavy (non-hydrogen) atoms. The summed E-state index contributed by atoms with van der Waals surface area (Å²) < 4.78 is 6.76. The van der Waals surface area contributed by atoms with Crippen molar-refractivity contribution in [1.29, 1.82) is 0 Å². The Hall–Kier alpha value is -1.10. The molecule has 0 radical (unpaired) electrons. The number of nitrogens with zero attached hydrogens (tertiary/aromatic N) is 1. The molecule has 0 bridgehead atoms. The first kappa shape index (κ1) is 13.0. The third-order valence-electron chi connectivity index (χ3n) is 1.85. The van der Waals surface area contributed by atoms with Crippen molar-refractivity contribution in [2.75, 3.05) is 0 Å². The molecule has 0 saturated carbocycles. The molecule has 0 amide bonds. The molecule has 0 fully saturated rings. The molecule has 1 heterocycles. The fraction of sp³-hybridized carbons (Fsp3) is 0.455. The lowest BCUT2D eigenvalue weighted by Crippen LogP contribution is -2.26. The third kappa shape index (κ3) is 3.48. The van der Waals surface area contributed by atoms with E-state index in [0.717, 1.165) is 5.56 Å². The van der Waals surface area contributed by atoms with Crippen LogP contribution in [0.4, 0.5) is 0 Å². The first-order chi connectivity index (χ1) is 7.40. The van der Waals surface area contributed by atoms with Crippen molar-refractivity contribution in [3.63, 3.8) is 0 Å². The summed E-state index contributed by atoms with van der Waals surface area (Å²) in [5.41, 5.74) is 0.676. The number of carbonyl (C=O) groups is 1. The van der Waals surface area contributed by atoms with Crippen LogP contribution in [-0.2, 0) is 16.1 Å². The van der Waals surface area contributed by atoms with Crippen LogP contribution in [-0.4, -0.2) is 16.6 Å². The third-order valence-corrected chi connectivity index (χ3v) is 2.41. The molecule has 0 atom stereocenters. The largest absolute Gasteiger partial charge is 0.462 e. The molecule has 88 valence electrons. The van der Waals surface area contributed by atoms with Gasteiger partial charge in [0.15, 0.2) is 0 Å². The Morgan fingerprint density at radius 3 is 2.75 bits per heavy atom. The van der Waals surface area contributed by atoms with E-state index < -0.39 is 5.97 Å². The van der Waals surface area contributed by atoms with Crippen LogP contribution >= 0.6 is 15.9 Å². The standard InChI is InChI=1S/C11H14BrNO3/c1-7(2)16-10(14)6-13-5-8(3)4-9(12)11(13)15/h4-5,7H,6H2,1-3H3. The maximum Gasteiger partial charge on any atom is 0.326 e. The van der Waals surface area contributed by atoms with Crippen molar-refractivity contribution in [3.05, 3.63) is 32.7 Å². The molecule has 0 aromatic carbocycles. The van der Waals surface area contributed by atoms with Crippen LogP contribution in [0.5, 0.6) is 0 Å². The van der Waals surface area contributed by atoms with E-state index in [9.17, 15) is 9.59 Å². The normalized spacial score (nSPS) is 10.6. The summed E-state index contributed by atoms with van der Waals surface area (Å²) in [5.74, 6) is -0.408. The van der Waals surface area contributed by atoms with Crippen LogP contribution in [0.15, 0.2) is 21.5 Å². The van der Waals surface area contributed by atoms with Gasteiger partial charge in [0.1, 0.15) is 6.54 Å². The molecule has 0 saturated heterocycles. The summed E-state index contributed by atoms with van der Waals surface area (Å²) in [6, 6.07) is 1.71. The Morgan fingerprint density at radius 1 is 1.56 bits per heavy atom. The summed E-state index contributed by atoms with van der Waals surface area (Å²) >= 11 is 3.15. The van der Waals surface area contributed by atoms with Crippen LogP contribution in [0.3, 0.4) is 0 Å². The van der Waals surface area contributed by atoms with Gasteiger partial charge >= 0.3 is 5.97 Å². The lowest BCUT2D eigenvalue weighted by molar-refractivity contribution is -0.148. The van der Waals surface area contributed by atoms with Crippen LogP contribution in [0.1, 0.15) is 19.4 Å². The lowest BCUT2D eigenvalue weighted by Gasteiger charge is -2.10. The monoisotopic (exact) mass is 287 g/mol. The highest BCUT2D eigenvalue weighted by Crippen LogP contribution is 2.06. The summed E-state index contributed by atoms with van der Waals surface area (Å²) in [6.07, 6.45) is 1.46. The van der Waals surface area contributed by atoms with E-state index in [1.54, 1.807) is 26.1 Å². The predicted octanol–water partition coefficient (Wildman–Crippen LogP) is 1.87. The number of carbonyl (C=O) groups excluding carboxylic acids is 1. The van der Waals surface area contributed by atoms with E-state index in [4.69, 9.17) is 4.74 Å². The number of ether oxygens (including phenoxy) is 1. The number of pyridine rings is 1. The van der Waals surface area contributed by atoms with Crippen molar-refractivity contribution in [3.8, 4) is 0 Å². The summed E-state index contributed by atoms with van der Waals surface area (Å²) in [7, 11) is 0. The van der Waals surface area contributed by atoms with Crippen molar-refractivity contribution >= 4 is 21.9 Å². The zero-order valence-electron chi connectivity index (χ0n) is 9.49. The zero-order chi connectivity index (χ0) is 12.3. The van der Waals surface area contributed by atoms with Gasteiger partial charge in [0.2, 0.25) is 0 Å². The van der Waals surface area contributed by atoms with Gasteiger partial charge in [-0.05, 0) is 48.3 Å². The molecule has 1 aromatic heterocycles. The first-order valence-electron chi connectivity index (χ1n) is 4.96. The molecule has 0 aliphatic heterocycles. The van der Waals surface area contributed by atoms with Crippen LogP contribution < -0.4 is 5.56 Å². The van der Waals surface area contributed by atoms with E-state index in [1.165, 1.54) is 4.57 Å². The summed E-state index contributed by atoms with van der Waals surface area (Å²) in [6.45, 7) is 5.34. The number of rotatable bonds is 3. The second-order valence-electron chi connectivity index (χ2n) is 3.84. The summed E-state index contributed by atoms with van der Waals surface area (Å²) in [4.78, 5) is 23.1. The van der Waals surface area contributed by atoms with E-state index in [-0.39, 0.29) is 18.2 Å². The van der Waals surface area contributed by atoms with Gasteiger partial charge in [-0.1, -0.05) is 0 Å². The average Bonchev–Trinajstić information content (AvgIpc) is 2.11. The quantitative estimate of drug-likeness (QED) is 0.798. The highest BCUT2D eigenvalue weighted by Gasteiger charge is 2.09. The van der Waals surface area contributed by atoms with Gasteiger partial charge in [0.05, 0.1) is 10.6 Å². The molecule has 0 unspecified atom stereocenters. The van der Waals surface area contributed by atoms with Crippen molar-refractivity contribution in [2.24, 2.45) is 0 Å². The minimum atomic E-state index is -0.408. The molecule has 4 nitrogen and oxygen atoms in total. The fourth-order valence-corrected chi connectivity index (χ4v) is 1.89. The lowest BCUT2D eigenvalue weighted by atomic mass is 10.3. The Labute approximate surface area is 102 Å². The van der Waals surface area contributed by atoms with Gasteiger partial charge in [-0.25, -0.2) is 0 Å². The Kier molecular flexibility index (Phi) is 4.29. The zero-order valence-corrected chi connectivity index (χ0v) is 11.1. The molecule has 0 N–H and O–H groups in total. The van der Waals surface area contributed by atoms with Crippen molar-refractivity contribution in [1.82, 2.24) is 4.57 Å². The summed E-state index contributed by atoms with van der Waals surface area (Å²) in [5, 5.41) is 0. The van der Waals surface area contributed by atoms with Crippen LogP contribution in [0.2, 0.25) is 0 Å². The molecular formula is C11H14BrNO3. The van der Waals surface area contributed by atoms with Gasteiger partial charge in [-0.2, -0.15) is 0 Å². The van der Waals surface area contributed by atoms with E-state index in [0.29, 0.717) is 4.47 Å². The Bertz CT molecular complexity index is 451. The van der Waals surface area contributed by atoms with Crippen LogP contribution in [0.25, 0.3) is 0 Å². The van der Waals surface area contributed by atoms with Gasteiger partial charge in [-0.15, -0.1) is 0 Å². The van der Waals surface area contributed by atoms with Crippen molar-refractivity contribution in [2.45, 2.75) is 33.4 Å². The topological polar surface area (TPSA) is 48.3 Å². The van der Waals surface area contributed by atoms with E-state index in [1.807, 2.05) is 6.92 Å². The number of hydrogen-bond acceptors (Lipinski definition) is 3. The van der Waals surface area contributed by atoms with Crippen LogP contribution in [0, 0.1) is 6.92 Å². The predicted molar refractivity (Wildman–Crippen MR) is 64.4 cm³/mol. The number of hydrogen-bond donors (Lipinski definition) is 0. The van der Waals surface area contributed by atoms with Gasteiger partial charge in [-0.3, -0.25) is 9.59 Å². The first-order valence-corrected chi connectivity index (χ1v) is 5.75. The highest BCUT2D eigenvalue weighted by atomic mass is 79.9. The molecule has 1 aromatic rings. The SMILES string of the molecule is Cc1cc(Br)c(=O)n(CC(=O)OC(C)C)c1. The Balaban J connectivity index is 2.89. The van der Waals surface area contributed by atoms with E-state index >= 15 is 0 Å². The molecule has 0 spiro atoms. The maximum atomic E-state index is 11.7. The van der Waals surface area contributed by atoms with Gasteiger partial charge < -0.3 is 9.30 Å². The number of halogens is 1. The minimum Gasteiger partial charge on any atom is -0.462 e. The van der Waals surface area contributed by atoms with E-state index in [2.05, 4.69) is 15.9 Å². The molecule has 0 aliphatic rings. The molecule has 5 heteroatoms. The maximum absolute atomic E-state index is 11.7. The smallest absolute Gasteiger partial charge is 0.326 e. The second-order valence-corrected chi connectivity index (χ2v) is 4.69. The second kappa shape index (κ2) is 5.30. The Morgan fingerprint density at radius 2 is 2.19 bits per heavy atom. The number of aromatic nitrogens is 1. The van der Waals surface area contributed by atoms with Gasteiger partial charge in [0.25, 0.3) is 5.56 Å². The fourth-order valence-electron chi connectivity index (χ4n) is 1.30. The molecular weight excluding hydrogens is 274 g/mol. The molecule has 1 rings (SSSR count). The average molecular weight is 288 g/mol. The number of esters is 1. The van der Waals surface area contributed by atoms with Crippen molar-refractivity contribution < 1.29 is 9.53 Å². The van der Waals surface area contributed by atoms with Gasteiger partial charge in [0, 0.05) is 6.20 Å².